The zero-order chi connectivity index (χ0) is 41.6. The minimum atomic E-state index is -0.987. The molecule has 3 saturated heterocycles. The molecule has 4 aliphatic rings. The van der Waals surface area contributed by atoms with E-state index in [9.17, 15) is 14.4 Å². The number of nitrogens with one attached hydrogen (secondary N) is 3. The molecule has 1 aromatic carbocycles. The van der Waals surface area contributed by atoms with Gasteiger partial charge in [-0.25, -0.2) is 14.8 Å². The minimum Gasteiger partial charge on any atom is -0.444 e. The van der Waals surface area contributed by atoms with Crippen molar-refractivity contribution in [1.29, 1.82) is 0 Å². The number of halogens is 1. The lowest BCUT2D eigenvalue weighted by molar-refractivity contribution is -0.139. The lowest BCUT2D eigenvalue weighted by Crippen LogP contribution is -2.60. The average molecular weight is 835 g/mol. The Kier molecular flexibility index (Phi) is 14.0. The molecule has 4 fully saturated rings. The minimum absolute atomic E-state index is 0.00614. The SMILES string of the molecule is CC(C)(C)OC(=O)N[C@@H](C(=O)N1CCC(OC2CCN(CC[C@H](NC(=O)C3(N)CCN(c4ncnc5[nH]ccc45)CC3)c3ccc(Cl)cc3)CC2)CC1)C1CCCCC1. The number of anilines is 1. The Morgan fingerprint density at radius 1 is 0.898 bits per heavy atom. The third-order valence-electron chi connectivity index (χ3n) is 12.8. The van der Waals surface area contributed by atoms with E-state index >= 15 is 0 Å². The van der Waals surface area contributed by atoms with Crippen molar-refractivity contribution in [1.82, 2.24) is 35.4 Å². The first kappa shape index (κ1) is 43.1. The fourth-order valence-electron chi connectivity index (χ4n) is 9.32. The number of ether oxygens (including phenoxy) is 2. The van der Waals surface area contributed by atoms with E-state index in [1.807, 2.05) is 62.2 Å². The van der Waals surface area contributed by atoms with Gasteiger partial charge in [-0.3, -0.25) is 9.59 Å². The second kappa shape index (κ2) is 19.2. The third kappa shape index (κ3) is 11.2. The molecule has 5 heterocycles. The van der Waals surface area contributed by atoms with Gasteiger partial charge < -0.3 is 45.5 Å². The smallest absolute Gasteiger partial charge is 0.408 e. The van der Waals surface area contributed by atoms with Gasteiger partial charge in [0, 0.05) is 57.0 Å². The Hall–Kier alpha value is -3.98. The van der Waals surface area contributed by atoms with Crippen LogP contribution in [0.2, 0.25) is 5.02 Å². The Labute approximate surface area is 353 Å². The first-order valence-corrected chi connectivity index (χ1v) is 22.3. The van der Waals surface area contributed by atoms with Crippen LogP contribution in [0.4, 0.5) is 10.6 Å². The number of nitrogens with two attached hydrogens (primary N) is 1. The van der Waals surface area contributed by atoms with Crippen LogP contribution in [0.1, 0.15) is 109 Å². The number of amides is 3. The van der Waals surface area contributed by atoms with Gasteiger partial charge in [-0.2, -0.15) is 0 Å². The molecule has 5 N–H and O–H groups in total. The molecule has 2 aromatic heterocycles. The van der Waals surface area contributed by atoms with Crippen LogP contribution in [0.25, 0.3) is 11.0 Å². The summed E-state index contributed by atoms with van der Waals surface area (Å²) in [4.78, 5) is 59.1. The predicted octanol–water partition coefficient (Wildman–Crippen LogP) is 6.10. The number of rotatable bonds is 12. The summed E-state index contributed by atoms with van der Waals surface area (Å²) in [5, 5.41) is 7.91. The summed E-state index contributed by atoms with van der Waals surface area (Å²) in [6.45, 7) is 10.7. The lowest BCUT2D eigenvalue weighted by Gasteiger charge is -2.40. The molecule has 59 heavy (non-hydrogen) atoms. The van der Waals surface area contributed by atoms with Crippen molar-refractivity contribution >= 4 is 46.4 Å². The first-order valence-electron chi connectivity index (χ1n) is 21.9. The topological polar surface area (TPSA) is 171 Å². The van der Waals surface area contributed by atoms with Crippen molar-refractivity contribution in [3.05, 3.63) is 53.4 Å². The quantitative estimate of drug-likeness (QED) is 0.167. The Morgan fingerprint density at radius 3 is 2.22 bits per heavy atom. The number of carbonyl (C=O) groups is 3. The number of H-pyrrole nitrogens is 1. The number of aromatic nitrogens is 3. The Bertz CT molecular complexity index is 1860. The molecule has 3 aliphatic heterocycles. The van der Waals surface area contributed by atoms with Gasteiger partial charge in [-0.1, -0.05) is 43.0 Å². The van der Waals surface area contributed by atoms with Crippen LogP contribution in [0.5, 0.6) is 0 Å². The first-order chi connectivity index (χ1) is 28.3. The summed E-state index contributed by atoms with van der Waals surface area (Å²) in [6, 6.07) is 8.93. The maximum Gasteiger partial charge on any atom is 0.408 e. The summed E-state index contributed by atoms with van der Waals surface area (Å²) < 4.78 is 12.2. The van der Waals surface area contributed by atoms with Gasteiger partial charge in [-0.15, -0.1) is 0 Å². The third-order valence-corrected chi connectivity index (χ3v) is 13.0. The van der Waals surface area contributed by atoms with Crippen LogP contribution in [-0.2, 0) is 19.1 Å². The van der Waals surface area contributed by atoms with Gasteiger partial charge in [0.2, 0.25) is 11.8 Å². The van der Waals surface area contributed by atoms with Crippen molar-refractivity contribution in [2.75, 3.05) is 50.7 Å². The Morgan fingerprint density at radius 2 is 1.56 bits per heavy atom. The summed E-state index contributed by atoms with van der Waals surface area (Å²) in [5.41, 5.74) is 7.04. The van der Waals surface area contributed by atoms with Gasteiger partial charge in [-0.05, 0) is 108 Å². The van der Waals surface area contributed by atoms with Crippen molar-refractivity contribution in [2.24, 2.45) is 11.7 Å². The molecule has 2 atom stereocenters. The van der Waals surface area contributed by atoms with Gasteiger partial charge in [0.05, 0.1) is 29.2 Å². The Balaban J connectivity index is 0.868. The fourth-order valence-corrected chi connectivity index (χ4v) is 9.45. The van der Waals surface area contributed by atoms with Crippen LogP contribution in [-0.4, -0.2) is 118 Å². The number of likely N-dealkylation sites (tertiary alicyclic amines) is 2. The molecule has 3 amide bonds. The standard InChI is InChI=1S/C44H64ClN9O5/c1-43(2,3)59-42(57)51-37(31-7-5-4-6-8-31)40(55)54-25-16-34(17-26-54)58-33-14-22-52(23-15-33)24-18-36(30-9-11-32(45)12-10-30)50-41(56)44(46)19-27-53(28-20-44)39-35-13-21-47-38(35)48-29-49-39/h9-13,21,29,31,33-34,36-37H,4-8,14-20,22-28,46H2,1-3H3,(H,50,56)(H,51,57)(H,47,48,49)/t36-,37+/m0/s1. The number of nitrogens with zero attached hydrogens (tertiary/aromatic N) is 5. The van der Waals surface area contributed by atoms with Gasteiger partial charge in [0.25, 0.3) is 0 Å². The van der Waals surface area contributed by atoms with E-state index in [0.29, 0.717) is 44.0 Å². The van der Waals surface area contributed by atoms with Crippen LogP contribution in [0, 0.1) is 5.92 Å². The molecule has 1 saturated carbocycles. The molecule has 14 nitrogen and oxygen atoms in total. The van der Waals surface area contributed by atoms with E-state index < -0.39 is 23.3 Å². The second-order valence-corrected chi connectivity index (χ2v) is 18.6. The zero-order valence-electron chi connectivity index (χ0n) is 35.1. The highest BCUT2D eigenvalue weighted by molar-refractivity contribution is 6.30. The maximum atomic E-state index is 13.9. The molecule has 1 aliphatic carbocycles. The summed E-state index contributed by atoms with van der Waals surface area (Å²) >= 11 is 6.26. The van der Waals surface area contributed by atoms with E-state index in [1.54, 1.807) is 6.33 Å². The average Bonchev–Trinajstić information content (AvgIpc) is 3.72. The number of hydrogen-bond acceptors (Lipinski definition) is 10. The highest BCUT2D eigenvalue weighted by atomic mass is 35.5. The maximum absolute atomic E-state index is 13.9. The number of alkyl carbamates (subject to hydrolysis) is 1. The monoisotopic (exact) mass is 833 g/mol. The lowest BCUT2D eigenvalue weighted by atomic mass is 9.83. The summed E-state index contributed by atoms with van der Waals surface area (Å²) in [7, 11) is 0. The van der Waals surface area contributed by atoms with Crippen LogP contribution >= 0.6 is 11.6 Å². The molecule has 0 spiro atoms. The molecule has 7 rings (SSSR count). The summed E-state index contributed by atoms with van der Waals surface area (Å²) in [5.74, 6) is 0.870. The van der Waals surface area contributed by atoms with E-state index in [-0.39, 0.29) is 36.0 Å². The van der Waals surface area contributed by atoms with E-state index in [2.05, 4.69) is 35.4 Å². The zero-order valence-corrected chi connectivity index (χ0v) is 35.9. The molecular weight excluding hydrogens is 770 g/mol. The highest BCUT2D eigenvalue weighted by Crippen LogP contribution is 2.31. The van der Waals surface area contributed by atoms with E-state index in [1.165, 1.54) is 6.42 Å². The van der Waals surface area contributed by atoms with Crippen molar-refractivity contribution < 1.29 is 23.9 Å². The number of aromatic amines is 1. The van der Waals surface area contributed by atoms with Crippen LogP contribution in [0.15, 0.2) is 42.9 Å². The number of fused-ring (bicyclic) bond motifs is 1. The number of piperidine rings is 3. The van der Waals surface area contributed by atoms with Gasteiger partial charge in [0.1, 0.15) is 29.4 Å². The van der Waals surface area contributed by atoms with E-state index in [4.69, 9.17) is 26.8 Å². The van der Waals surface area contributed by atoms with Crippen LogP contribution < -0.4 is 21.3 Å². The molecule has 0 radical (unpaired) electrons. The van der Waals surface area contributed by atoms with Crippen molar-refractivity contribution in [2.45, 2.75) is 133 Å². The molecule has 0 unspecified atom stereocenters. The normalized spacial score (nSPS) is 21.2. The van der Waals surface area contributed by atoms with Crippen molar-refractivity contribution in [3.8, 4) is 0 Å². The largest absolute Gasteiger partial charge is 0.444 e. The van der Waals surface area contributed by atoms with Gasteiger partial charge in [0.15, 0.2) is 0 Å². The fraction of sp³-hybridized carbons (Fsp3) is 0.659. The highest BCUT2D eigenvalue weighted by Gasteiger charge is 2.40. The second-order valence-electron chi connectivity index (χ2n) is 18.2. The van der Waals surface area contributed by atoms with E-state index in [0.717, 1.165) is 99.8 Å². The number of carbonyl (C=O) groups excluding carboxylic acids is 3. The molecule has 0 bridgehead atoms. The van der Waals surface area contributed by atoms with Crippen molar-refractivity contribution in [3.63, 3.8) is 0 Å². The molecular formula is C44H64ClN9O5. The number of hydrogen-bond donors (Lipinski definition) is 4. The summed E-state index contributed by atoms with van der Waals surface area (Å²) in [6.07, 6.45) is 13.6. The van der Waals surface area contributed by atoms with Gasteiger partial charge >= 0.3 is 6.09 Å². The molecule has 3 aromatic rings. The number of benzene rings is 1. The molecule has 322 valence electrons. The van der Waals surface area contributed by atoms with Crippen LogP contribution in [0.3, 0.4) is 0 Å². The predicted molar refractivity (Wildman–Crippen MR) is 229 cm³/mol. The molecule has 15 heteroatoms.